The van der Waals surface area contributed by atoms with Crippen LogP contribution in [0.3, 0.4) is 0 Å². The van der Waals surface area contributed by atoms with Gasteiger partial charge in [0.2, 0.25) is 0 Å². The Labute approximate surface area is 116 Å². The van der Waals surface area contributed by atoms with Crippen LogP contribution >= 0.6 is 0 Å². The van der Waals surface area contributed by atoms with Crippen molar-refractivity contribution in [3.05, 3.63) is 11.6 Å². The second kappa shape index (κ2) is 4.96. The Morgan fingerprint density at radius 2 is 2.00 bits per heavy atom. The first-order chi connectivity index (χ1) is 9.08. The van der Waals surface area contributed by atoms with Gasteiger partial charge in [-0.2, -0.15) is 0 Å². The first-order valence-electron chi connectivity index (χ1n) is 7.99. The first-order valence-corrected chi connectivity index (χ1v) is 7.99. The molecule has 3 atom stereocenters. The molecule has 0 radical (unpaired) electrons. The lowest BCUT2D eigenvalue weighted by Gasteiger charge is -2.47. The number of hydrogen-bond acceptors (Lipinski definition) is 2. The van der Waals surface area contributed by atoms with Gasteiger partial charge in [0.05, 0.1) is 5.92 Å². The number of hydrogen-bond donors (Lipinski definition) is 0. The molecule has 2 heteroatoms. The number of ether oxygens (including phenoxy) is 1. The number of carbonyl (C=O) groups is 1. The molecule has 0 bridgehead atoms. The fourth-order valence-electron chi connectivity index (χ4n) is 4.36. The molecule has 3 unspecified atom stereocenters. The average molecular weight is 262 g/mol. The summed E-state index contributed by atoms with van der Waals surface area (Å²) in [5, 5.41) is 0. The molecule has 3 rings (SSSR count). The summed E-state index contributed by atoms with van der Waals surface area (Å²) in [6.45, 7) is 4.38. The minimum absolute atomic E-state index is 0.0263. The van der Waals surface area contributed by atoms with Gasteiger partial charge in [-0.25, -0.2) is 0 Å². The zero-order chi connectivity index (χ0) is 13.5. The van der Waals surface area contributed by atoms with Gasteiger partial charge in [0.15, 0.2) is 0 Å². The maximum Gasteiger partial charge on any atom is 0.313 e. The normalized spacial score (nSPS) is 40.3. The van der Waals surface area contributed by atoms with E-state index in [9.17, 15) is 4.79 Å². The summed E-state index contributed by atoms with van der Waals surface area (Å²) in [6.07, 6.45) is 12.7. The van der Waals surface area contributed by atoms with E-state index in [1.807, 2.05) is 6.92 Å². The second-order valence-corrected chi connectivity index (χ2v) is 7.15. The maximum atomic E-state index is 11.8. The van der Waals surface area contributed by atoms with Gasteiger partial charge < -0.3 is 4.74 Å². The van der Waals surface area contributed by atoms with Crippen LogP contribution in [0.15, 0.2) is 11.6 Å². The van der Waals surface area contributed by atoms with E-state index in [0.717, 1.165) is 18.8 Å². The van der Waals surface area contributed by atoms with Gasteiger partial charge in [0.25, 0.3) is 0 Å². The first kappa shape index (κ1) is 13.2. The van der Waals surface area contributed by atoms with Crippen molar-refractivity contribution in [2.45, 2.75) is 71.3 Å². The minimum atomic E-state index is -0.0368. The van der Waals surface area contributed by atoms with Crippen LogP contribution in [0, 0.1) is 17.3 Å². The Balaban J connectivity index is 1.74. The molecule has 0 amide bonds. The highest BCUT2D eigenvalue weighted by atomic mass is 16.5. The van der Waals surface area contributed by atoms with Crippen LogP contribution in [0.4, 0.5) is 0 Å². The summed E-state index contributed by atoms with van der Waals surface area (Å²) in [5.74, 6) is 0.785. The van der Waals surface area contributed by atoms with E-state index in [1.54, 1.807) is 0 Å². The summed E-state index contributed by atoms with van der Waals surface area (Å²) in [5.41, 5.74) is 1.78. The zero-order valence-corrected chi connectivity index (χ0v) is 12.3. The number of esters is 1. The van der Waals surface area contributed by atoms with Crippen LogP contribution in [0.1, 0.15) is 65.2 Å². The van der Waals surface area contributed by atoms with E-state index < -0.39 is 0 Å². The molecular weight excluding hydrogens is 236 g/mol. The van der Waals surface area contributed by atoms with Crippen LogP contribution < -0.4 is 0 Å². The van der Waals surface area contributed by atoms with Gasteiger partial charge in [0.1, 0.15) is 6.10 Å². The molecule has 2 fully saturated rings. The van der Waals surface area contributed by atoms with Crippen molar-refractivity contribution in [1.29, 1.82) is 0 Å². The molecule has 0 N–H and O–H groups in total. The highest BCUT2D eigenvalue weighted by molar-refractivity contribution is 5.76. The number of rotatable bonds is 1. The second-order valence-electron chi connectivity index (χ2n) is 7.15. The monoisotopic (exact) mass is 262 g/mol. The largest absolute Gasteiger partial charge is 0.457 e. The third-order valence-corrected chi connectivity index (χ3v) is 5.74. The van der Waals surface area contributed by atoms with Crippen molar-refractivity contribution in [2.75, 3.05) is 0 Å². The molecule has 0 aromatic carbocycles. The molecule has 3 aliphatic rings. The van der Waals surface area contributed by atoms with Crippen molar-refractivity contribution < 1.29 is 9.53 Å². The van der Waals surface area contributed by atoms with Crippen LogP contribution in [0.5, 0.6) is 0 Å². The van der Waals surface area contributed by atoms with Crippen LogP contribution in [0.2, 0.25) is 0 Å². The molecule has 0 aromatic heterocycles. The van der Waals surface area contributed by atoms with Crippen LogP contribution in [-0.2, 0) is 9.53 Å². The number of carbonyl (C=O) groups excluding carboxylic acids is 1. The molecule has 19 heavy (non-hydrogen) atoms. The molecule has 1 heterocycles. The Morgan fingerprint density at radius 1 is 1.26 bits per heavy atom. The molecule has 0 spiro atoms. The Hall–Kier alpha value is -0.790. The third-order valence-electron chi connectivity index (χ3n) is 5.74. The molecule has 2 saturated carbocycles. The molecule has 0 saturated heterocycles. The van der Waals surface area contributed by atoms with Crippen LogP contribution in [0.25, 0.3) is 0 Å². The van der Waals surface area contributed by atoms with Gasteiger partial charge in [0, 0.05) is 0 Å². The summed E-state index contributed by atoms with van der Waals surface area (Å²) < 4.78 is 5.68. The maximum absolute atomic E-state index is 11.8. The molecular formula is C17H26O2. The van der Waals surface area contributed by atoms with Crippen molar-refractivity contribution in [2.24, 2.45) is 17.3 Å². The smallest absolute Gasteiger partial charge is 0.313 e. The van der Waals surface area contributed by atoms with Crippen molar-refractivity contribution in [1.82, 2.24) is 0 Å². The summed E-state index contributed by atoms with van der Waals surface area (Å²) in [7, 11) is 0. The van der Waals surface area contributed by atoms with Gasteiger partial charge in [-0.05, 0) is 55.9 Å². The molecule has 2 aliphatic carbocycles. The Bertz CT molecular complexity index is 392. The average Bonchev–Trinajstić information content (AvgIpc) is 2.42. The highest BCUT2D eigenvalue weighted by Gasteiger charge is 2.43. The lowest BCUT2D eigenvalue weighted by molar-refractivity contribution is -0.155. The van der Waals surface area contributed by atoms with Crippen LogP contribution in [-0.4, -0.2) is 12.1 Å². The van der Waals surface area contributed by atoms with E-state index in [1.165, 1.54) is 44.1 Å². The molecule has 0 aromatic rings. The quantitative estimate of drug-likeness (QED) is 0.522. The Morgan fingerprint density at radius 3 is 2.74 bits per heavy atom. The van der Waals surface area contributed by atoms with Crippen molar-refractivity contribution >= 4 is 5.97 Å². The third kappa shape index (κ3) is 2.46. The van der Waals surface area contributed by atoms with Gasteiger partial charge in [-0.1, -0.05) is 32.3 Å². The fraction of sp³-hybridized carbons (Fsp3) is 0.824. The predicted molar refractivity (Wildman–Crippen MR) is 75.7 cm³/mol. The lowest BCUT2D eigenvalue weighted by atomic mass is 9.61. The fourth-order valence-corrected chi connectivity index (χ4v) is 4.36. The van der Waals surface area contributed by atoms with Gasteiger partial charge >= 0.3 is 5.97 Å². The van der Waals surface area contributed by atoms with Gasteiger partial charge in [-0.3, -0.25) is 4.79 Å². The SMILES string of the molecule is CC1C=C2CCC(C)(C3CCCCC3)CC2OC1=O. The summed E-state index contributed by atoms with van der Waals surface area (Å²) in [6, 6.07) is 0. The summed E-state index contributed by atoms with van der Waals surface area (Å²) in [4.78, 5) is 11.8. The van der Waals surface area contributed by atoms with E-state index in [-0.39, 0.29) is 18.0 Å². The standard InChI is InChI=1S/C17H26O2/c1-12-10-13-8-9-17(2,11-15(13)19-16(12)18)14-6-4-3-5-7-14/h10,12,14-15H,3-9,11H2,1-2H3. The zero-order valence-electron chi connectivity index (χ0n) is 12.3. The van der Waals surface area contributed by atoms with E-state index in [2.05, 4.69) is 13.0 Å². The minimum Gasteiger partial charge on any atom is -0.457 e. The highest BCUT2D eigenvalue weighted by Crippen LogP contribution is 2.50. The Kier molecular flexibility index (Phi) is 3.44. The van der Waals surface area contributed by atoms with E-state index >= 15 is 0 Å². The van der Waals surface area contributed by atoms with E-state index in [4.69, 9.17) is 4.74 Å². The molecule has 2 nitrogen and oxygen atoms in total. The van der Waals surface area contributed by atoms with Gasteiger partial charge in [-0.15, -0.1) is 0 Å². The summed E-state index contributed by atoms with van der Waals surface area (Å²) >= 11 is 0. The lowest BCUT2D eigenvalue weighted by Crippen LogP contribution is -2.41. The number of fused-ring (bicyclic) bond motifs is 1. The van der Waals surface area contributed by atoms with Crippen molar-refractivity contribution in [3.8, 4) is 0 Å². The topological polar surface area (TPSA) is 26.3 Å². The predicted octanol–water partition coefficient (Wildman–Crippen LogP) is 4.24. The molecule has 106 valence electrons. The van der Waals surface area contributed by atoms with E-state index in [0.29, 0.717) is 5.41 Å². The van der Waals surface area contributed by atoms with Crippen molar-refractivity contribution in [3.63, 3.8) is 0 Å². The molecule has 1 aliphatic heterocycles.